The number of phosphoric acid groups is 1. The molecule has 0 aliphatic carbocycles. The first-order chi connectivity index (χ1) is 24.5. The summed E-state index contributed by atoms with van der Waals surface area (Å²) in [6.45, 7) is 4.08. The van der Waals surface area contributed by atoms with Gasteiger partial charge in [0, 0.05) is 12.8 Å². The molecule has 51 heavy (non-hydrogen) atoms. The van der Waals surface area contributed by atoms with E-state index in [-0.39, 0.29) is 26.1 Å². The molecule has 1 unspecified atom stereocenters. The van der Waals surface area contributed by atoms with Gasteiger partial charge in [-0.3, -0.25) is 14.2 Å². The molecular weight excluding hydrogens is 665 g/mol. The van der Waals surface area contributed by atoms with Crippen molar-refractivity contribution in [3.63, 3.8) is 0 Å². The fourth-order valence-electron chi connectivity index (χ4n) is 5.26. The fraction of sp³-hybridized carbons (Fsp3) is 0.805. The quantitative estimate of drug-likeness (QED) is 0.0205. The lowest BCUT2D eigenvalue weighted by molar-refractivity contribution is -0.870. The van der Waals surface area contributed by atoms with Crippen molar-refractivity contribution in [2.75, 3.05) is 47.5 Å². The van der Waals surface area contributed by atoms with Crippen LogP contribution in [0.25, 0.3) is 0 Å². The molecule has 298 valence electrons. The maximum Gasteiger partial charge on any atom is 0.306 e. The lowest BCUT2D eigenvalue weighted by Gasteiger charge is -2.28. The number of phosphoric ester groups is 1. The van der Waals surface area contributed by atoms with Crippen LogP contribution in [0, 0.1) is 0 Å². The summed E-state index contributed by atoms with van der Waals surface area (Å²) < 4.78 is 33.8. The van der Waals surface area contributed by atoms with Crippen molar-refractivity contribution in [3.05, 3.63) is 36.5 Å². The van der Waals surface area contributed by atoms with E-state index in [1.807, 2.05) is 21.1 Å². The summed E-state index contributed by atoms with van der Waals surface area (Å²) in [7, 11) is 1.15. The van der Waals surface area contributed by atoms with Crippen LogP contribution in [0.3, 0.4) is 0 Å². The van der Waals surface area contributed by atoms with E-state index in [2.05, 4.69) is 50.3 Å². The Hall–Kier alpha value is -1.77. The van der Waals surface area contributed by atoms with Gasteiger partial charge >= 0.3 is 11.9 Å². The van der Waals surface area contributed by atoms with Crippen LogP contribution in [-0.2, 0) is 32.7 Å². The third kappa shape index (κ3) is 37.8. The van der Waals surface area contributed by atoms with Crippen LogP contribution in [0.15, 0.2) is 36.5 Å². The van der Waals surface area contributed by atoms with E-state index < -0.39 is 32.5 Å². The van der Waals surface area contributed by atoms with Crippen molar-refractivity contribution in [3.8, 4) is 0 Å². The molecule has 0 saturated carbocycles. The average molecular weight is 742 g/mol. The van der Waals surface area contributed by atoms with Gasteiger partial charge in [0.25, 0.3) is 7.82 Å². The molecule has 0 aromatic carbocycles. The summed E-state index contributed by atoms with van der Waals surface area (Å²) >= 11 is 0. The summed E-state index contributed by atoms with van der Waals surface area (Å²) in [6, 6.07) is 0. The topological polar surface area (TPSA) is 111 Å². The standard InChI is InChI=1S/C41H76NO8P/c1-6-8-10-12-14-16-18-20-21-22-24-25-27-29-31-33-40(43)47-37-39(38-49-51(45,46)48-36-35-42(3,4)5)50-41(44)34-32-30-28-26-23-19-17-15-13-11-9-7-2/h8,10,14,16,20-21,39H,6-7,9,11-13,15,17-19,22-38H2,1-5H3/b10-8-,16-14-,21-20-/t39-/m1/s1. The summed E-state index contributed by atoms with van der Waals surface area (Å²) in [5.74, 6) is -0.854. The highest BCUT2D eigenvalue weighted by molar-refractivity contribution is 7.45. The number of ether oxygens (including phenoxy) is 2. The van der Waals surface area contributed by atoms with Crippen molar-refractivity contribution >= 4 is 19.8 Å². The molecule has 9 nitrogen and oxygen atoms in total. The minimum atomic E-state index is -4.62. The molecule has 0 bridgehead atoms. The van der Waals surface area contributed by atoms with Gasteiger partial charge in [-0.2, -0.15) is 0 Å². The molecule has 0 fully saturated rings. The first-order valence-corrected chi connectivity index (χ1v) is 21.7. The highest BCUT2D eigenvalue weighted by Crippen LogP contribution is 2.38. The second-order valence-electron chi connectivity index (χ2n) is 14.6. The zero-order valence-corrected chi connectivity index (χ0v) is 34.2. The molecule has 0 heterocycles. The van der Waals surface area contributed by atoms with Crippen LogP contribution in [0.2, 0.25) is 0 Å². The van der Waals surface area contributed by atoms with Gasteiger partial charge in [-0.25, -0.2) is 0 Å². The van der Waals surface area contributed by atoms with E-state index in [9.17, 15) is 19.0 Å². The zero-order chi connectivity index (χ0) is 37.9. The monoisotopic (exact) mass is 742 g/mol. The van der Waals surface area contributed by atoms with Crippen LogP contribution in [0.1, 0.15) is 162 Å². The van der Waals surface area contributed by atoms with Gasteiger partial charge in [-0.05, 0) is 44.9 Å². The van der Waals surface area contributed by atoms with E-state index in [0.29, 0.717) is 23.9 Å². The van der Waals surface area contributed by atoms with Crippen LogP contribution in [0.4, 0.5) is 0 Å². The van der Waals surface area contributed by atoms with Crippen molar-refractivity contribution < 1.29 is 42.1 Å². The second kappa shape index (κ2) is 34.0. The maximum atomic E-state index is 12.6. The second-order valence-corrected chi connectivity index (χ2v) is 16.0. The molecular formula is C41H76NO8P. The average Bonchev–Trinajstić information content (AvgIpc) is 3.07. The smallest absolute Gasteiger partial charge is 0.306 e. The molecule has 0 saturated heterocycles. The molecule has 10 heteroatoms. The van der Waals surface area contributed by atoms with Gasteiger partial charge < -0.3 is 27.9 Å². The molecule has 0 rings (SSSR count). The largest absolute Gasteiger partial charge is 0.756 e. The van der Waals surface area contributed by atoms with Crippen LogP contribution >= 0.6 is 7.82 Å². The Kier molecular flexibility index (Phi) is 32.8. The highest BCUT2D eigenvalue weighted by Gasteiger charge is 2.21. The van der Waals surface area contributed by atoms with E-state index in [1.54, 1.807) is 0 Å². The zero-order valence-electron chi connectivity index (χ0n) is 33.3. The number of unbranched alkanes of at least 4 members (excludes halogenated alkanes) is 16. The number of likely N-dealkylation sites (N-methyl/N-ethyl adjacent to an activating group) is 1. The third-order valence-electron chi connectivity index (χ3n) is 8.42. The fourth-order valence-corrected chi connectivity index (χ4v) is 5.98. The number of carbonyl (C=O) groups excluding carboxylic acids is 2. The molecule has 2 atom stereocenters. The number of hydrogen-bond acceptors (Lipinski definition) is 8. The van der Waals surface area contributed by atoms with Gasteiger partial charge in [0.2, 0.25) is 0 Å². The summed E-state index contributed by atoms with van der Waals surface area (Å²) in [5.41, 5.74) is 0. The Labute approximate surface area is 312 Å². The summed E-state index contributed by atoms with van der Waals surface area (Å²) in [6.07, 6.45) is 35.9. The number of esters is 2. The van der Waals surface area contributed by atoms with Crippen LogP contribution in [-0.4, -0.2) is 70.0 Å². The Balaban J connectivity index is 4.42. The number of rotatable bonds is 36. The predicted molar refractivity (Wildman–Crippen MR) is 208 cm³/mol. The minimum absolute atomic E-state index is 0.0333. The van der Waals surface area contributed by atoms with Crippen molar-refractivity contribution in [2.45, 2.75) is 168 Å². The van der Waals surface area contributed by atoms with E-state index in [1.165, 1.54) is 51.4 Å². The molecule has 0 aromatic rings. The lowest BCUT2D eigenvalue weighted by Crippen LogP contribution is -2.37. The summed E-state index contributed by atoms with van der Waals surface area (Å²) in [4.78, 5) is 37.4. The highest BCUT2D eigenvalue weighted by atomic mass is 31.2. The van der Waals surface area contributed by atoms with Crippen molar-refractivity contribution in [2.24, 2.45) is 0 Å². The Morgan fingerprint density at radius 2 is 1.12 bits per heavy atom. The molecule has 0 aromatic heterocycles. The Morgan fingerprint density at radius 1 is 0.627 bits per heavy atom. The first kappa shape index (κ1) is 49.2. The van der Waals surface area contributed by atoms with Gasteiger partial charge in [0.1, 0.15) is 19.8 Å². The van der Waals surface area contributed by atoms with Gasteiger partial charge in [0.05, 0.1) is 27.7 Å². The molecule has 0 radical (unpaired) electrons. The van der Waals surface area contributed by atoms with E-state index in [0.717, 1.165) is 70.6 Å². The van der Waals surface area contributed by atoms with Crippen LogP contribution in [0.5, 0.6) is 0 Å². The molecule has 0 aliphatic rings. The van der Waals surface area contributed by atoms with E-state index in [4.69, 9.17) is 18.5 Å². The molecule has 0 aliphatic heterocycles. The lowest BCUT2D eigenvalue weighted by atomic mass is 10.0. The van der Waals surface area contributed by atoms with Crippen molar-refractivity contribution in [1.82, 2.24) is 0 Å². The molecule has 0 amide bonds. The van der Waals surface area contributed by atoms with Crippen LogP contribution < -0.4 is 4.89 Å². The minimum Gasteiger partial charge on any atom is -0.756 e. The van der Waals surface area contributed by atoms with Gasteiger partial charge in [0.15, 0.2) is 6.10 Å². The Morgan fingerprint density at radius 3 is 1.67 bits per heavy atom. The number of quaternary nitrogens is 1. The first-order valence-electron chi connectivity index (χ1n) is 20.2. The molecule has 0 N–H and O–H groups in total. The summed E-state index contributed by atoms with van der Waals surface area (Å²) in [5, 5.41) is 0. The third-order valence-corrected chi connectivity index (χ3v) is 9.39. The number of hydrogen-bond donors (Lipinski definition) is 0. The van der Waals surface area contributed by atoms with Crippen molar-refractivity contribution in [1.29, 1.82) is 0 Å². The van der Waals surface area contributed by atoms with Gasteiger partial charge in [-0.15, -0.1) is 0 Å². The number of nitrogens with zero attached hydrogens (tertiary/aromatic N) is 1. The van der Waals surface area contributed by atoms with E-state index >= 15 is 0 Å². The predicted octanol–water partition coefficient (Wildman–Crippen LogP) is 10.3. The number of allylic oxidation sites excluding steroid dienone is 6. The maximum absolute atomic E-state index is 12.6. The van der Waals surface area contributed by atoms with Gasteiger partial charge in [-0.1, -0.05) is 140 Å². The molecule has 0 spiro atoms. The Bertz CT molecular complexity index is 975. The number of carbonyl (C=O) groups is 2. The normalized spacial score (nSPS) is 14.1. The SMILES string of the molecule is CC/C=C\C/C=C\C/C=C\CCCCCCCC(=O)OC[C@H](COP(=O)([O-])OCC[N+](C)(C)C)OC(=O)CCCCCCCCCCCCCC.